The molecule has 0 saturated carbocycles. The Bertz CT molecular complexity index is 573. The smallest absolute Gasteiger partial charge is 0.339 e. The number of ether oxygens (including phenoxy) is 2. The first-order valence-electron chi connectivity index (χ1n) is 5.79. The quantitative estimate of drug-likeness (QED) is 0.607. The molecule has 0 spiro atoms. The Hall–Kier alpha value is -1.15. The van der Waals surface area contributed by atoms with Crippen LogP contribution in [0.3, 0.4) is 0 Å². The highest BCUT2D eigenvalue weighted by molar-refractivity contribution is 7.89. The Morgan fingerprint density at radius 2 is 2.05 bits per heavy atom. The molecule has 0 aliphatic rings. The van der Waals surface area contributed by atoms with Gasteiger partial charge in [0.2, 0.25) is 10.0 Å². The van der Waals surface area contributed by atoms with Crippen LogP contribution in [0.25, 0.3) is 0 Å². The van der Waals surface area contributed by atoms with E-state index >= 15 is 0 Å². The number of carbonyl (C=O) groups is 1. The van der Waals surface area contributed by atoms with Crippen molar-refractivity contribution in [1.29, 1.82) is 0 Å². The highest BCUT2D eigenvalue weighted by Gasteiger charge is 2.18. The first-order chi connectivity index (χ1) is 9.42. The minimum absolute atomic E-state index is 0.00827. The molecular formula is C12H16ClNO5S. The van der Waals surface area contributed by atoms with E-state index in [1.807, 2.05) is 0 Å². The van der Waals surface area contributed by atoms with Crippen LogP contribution >= 0.6 is 11.6 Å². The van der Waals surface area contributed by atoms with Crippen LogP contribution in [0.15, 0.2) is 23.1 Å². The molecular weight excluding hydrogens is 306 g/mol. The van der Waals surface area contributed by atoms with Gasteiger partial charge in [-0.15, -0.1) is 0 Å². The van der Waals surface area contributed by atoms with Crippen molar-refractivity contribution in [3.8, 4) is 0 Å². The molecule has 20 heavy (non-hydrogen) atoms. The Morgan fingerprint density at radius 1 is 1.35 bits per heavy atom. The number of esters is 1. The largest absolute Gasteiger partial charge is 0.465 e. The summed E-state index contributed by atoms with van der Waals surface area (Å²) >= 11 is 5.83. The summed E-state index contributed by atoms with van der Waals surface area (Å²) in [6.45, 7) is 0.697. The third-order valence-electron chi connectivity index (χ3n) is 2.47. The lowest BCUT2D eigenvalue weighted by Crippen LogP contribution is -2.25. The number of nitrogens with one attached hydrogen (secondary N) is 1. The SMILES string of the molecule is COCCCNS(=O)(=O)c1ccc(Cl)c(C(=O)OC)c1. The van der Waals surface area contributed by atoms with Crippen LogP contribution in [0.1, 0.15) is 16.8 Å². The van der Waals surface area contributed by atoms with Crippen LogP contribution < -0.4 is 4.72 Å². The summed E-state index contributed by atoms with van der Waals surface area (Å²) in [6.07, 6.45) is 0.549. The van der Waals surface area contributed by atoms with Gasteiger partial charge in [0, 0.05) is 20.3 Å². The van der Waals surface area contributed by atoms with Gasteiger partial charge in [0.25, 0.3) is 0 Å². The zero-order chi connectivity index (χ0) is 15.2. The summed E-state index contributed by atoms with van der Waals surface area (Å²) in [5, 5.41) is 0.134. The summed E-state index contributed by atoms with van der Waals surface area (Å²) in [6, 6.07) is 3.86. The minimum Gasteiger partial charge on any atom is -0.465 e. The predicted molar refractivity (Wildman–Crippen MR) is 74.5 cm³/mol. The van der Waals surface area contributed by atoms with Gasteiger partial charge in [0.1, 0.15) is 0 Å². The van der Waals surface area contributed by atoms with E-state index in [9.17, 15) is 13.2 Å². The molecule has 0 aromatic heterocycles. The third kappa shape index (κ3) is 4.45. The predicted octanol–water partition coefficient (Wildman–Crippen LogP) is 1.44. The molecule has 0 aliphatic heterocycles. The summed E-state index contributed by atoms with van der Waals surface area (Å²) in [7, 11) is -0.958. The number of carbonyl (C=O) groups excluding carboxylic acids is 1. The molecule has 0 unspecified atom stereocenters. The van der Waals surface area contributed by atoms with Gasteiger partial charge in [0.15, 0.2) is 0 Å². The molecule has 1 aromatic carbocycles. The molecule has 0 saturated heterocycles. The fourth-order valence-corrected chi connectivity index (χ4v) is 2.74. The second-order valence-electron chi connectivity index (χ2n) is 3.88. The Balaban J connectivity index is 2.93. The van der Waals surface area contributed by atoms with E-state index in [0.717, 1.165) is 0 Å². The third-order valence-corrected chi connectivity index (χ3v) is 4.26. The average molecular weight is 322 g/mol. The van der Waals surface area contributed by atoms with Crippen molar-refractivity contribution >= 4 is 27.6 Å². The maximum atomic E-state index is 12.0. The minimum atomic E-state index is -3.69. The maximum Gasteiger partial charge on any atom is 0.339 e. The number of benzene rings is 1. The zero-order valence-electron chi connectivity index (χ0n) is 11.2. The van der Waals surface area contributed by atoms with Gasteiger partial charge < -0.3 is 9.47 Å². The van der Waals surface area contributed by atoms with Crippen molar-refractivity contribution < 1.29 is 22.7 Å². The molecule has 112 valence electrons. The van der Waals surface area contributed by atoms with Gasteiger partial charge in [-0.1, -0.05) is 11.6 Å². The van der Waals surface area contributed by atoms with Crippen LogP contribution in [0, 0.1) is 0 Å². The lowest BCUT2D eigenvalue weighted by molar-refractivity contribution is 0.0600. The molecule has 0 heterocycles. The van der Waals surface area contributed by atoms with Gasteiger partial charge in [-0.05, 0) is 24.6 Å². The van der Waals surface area contributed by atoms with E-state index in [1.165, 1.54) is 32.4 Å². The number of methoxy groups -OCH3 is 2. The first kappa shape index (κ1) is 16.9. The van der Waals surface area contributed by atoms with E-state index in [2.05, 4.69) is 9.46 Å². The van der Waals surface area contributed by atoms with Crippen LogP contribution in [0.5, 0.6) is 0 Å². The van der Waals surface area contributed by atoms with Crippen LogP contribution in [0.4, 0.5) is 0 Å². The monoisotopic (exact) mass is 321 g/mol. The molecule has 1 N–H and O–H groups in total. The lowest BCUT2D eigenvalue weighted by Gasteiger charge is -2.08. The molecule has 0 aliphatic carbocycles. The number of rotatable bonds is 7. The van der Waals surface area contributed by atoms with Crippen LogP contribution in [-0.2, 0) is 19.5 Å². The van der Waals surface area contributed by atoms with Gasteiger partial charge in [0.05, 0.1) is 22.6 Å². The van der Waals surface area contributed by atoms with E-state index in [1.54, 1.807) is 0 Å². The molecule has 0 bridgehead atoms. The first-order valence-corrected chi connectivity index (χ1v) is 7.65. The highest BCUT2D eigenvalue weighted by atomic mass is 35.5. The number of hydrogen-bond acceptors (Lipinski definition) is 5. The average Bonchev–Trinajstić information content (AvgIpc) is 2.43. The number of sulfonamides is 1. The van der Waals surface area contributed by atoms with E-state index < -0.39 is 16.0 Å². The summed E-state index contributed by atoms with van der Waals surface area (Å²) in [5.74, 6) is -0.688. The number of hydrogen-bond donors (Lipinski definition) is 1. The van der Waals surface area contributed by atoms with Crippen molar-refractivity contribution in [3.05, 3.63) is 28.8 Å². The van der Waals surface area contributed by atoms with Crippen molar-refractivity contribution in [1.82, 2.24) is 4.72 Å². The molecule has 0 amide bonds. The van der Waals surface area contributed by atoms with Crippen molar-refractivity contribution in [3.63, 3.8) is 0 Å². The Labute approximate surface area is 123 Å². The van der Waals surface area contributed by atoms with E-state index in [4.69, 9.17) is 16.3 Å². The summed E-state index contributed by atoms with van der Waals surface area (Å²) < 4.78 is 35.8. The van der Waals surface area contributed by atoms with Crippen molar-refractivity contribution in [2.45, 2.75) is 11.3 Å². The molecule has 1 rings (SSSR count). The second-order valence-corrected chi connectivity index (χ2v) is 6.05. The second kappa shape index (κ2) is 7.58. The van der Waals surface area contributed by atoms with E-state index in [0.29, 0.717) is 13.0 Å². The number of halogens is 1. The molecule has 8 heteroatoms. The van der Waals surface area contributed by atoms with Crippen molar-refractivity contribution in [2.75, 3.05) is 27.4 Å². The van der Waals surface area contributed by atoms with Crippen LogP contribution in [-0.4, -0.2) is 41.8 Å². The van der Waals surface area contributed by atoms with Gasteiger partial charge in [-0.25, -0.2) is 17.9 Å². The van der Waals surface area contributed by atoms with Gasteiger partial charge in [-0.2, -0.15) is 0 Å². The van der Waals surface area contributed by atoms with Crippen molar-refractivity contribution in [2.24, 2.45) is 0 Å². The summed E-state index contributed by atoms with van der Waals surface area (Å²) in [5.41, 5.74) is 0.00827. The normalized spacial score (nSPS) is 11.3. The maximum absolute atomic E-state index is 12.0. The molecule has 0 fully saturated rings. The molecule has 6 nitrogen and oxygen atoms in total. The highest BCUT2D eigenvalue weighted by Crippen LogP contribution is 2.21. The fourth-order valence-electron chi connectivity index (χ4n) is 1.44. The topological polar surface area (TPSA) is 81.7 Å². The molecule has 0 radical (unpaired) electrons. The van der Waals surface area contributed by atoms with Gasteiger partial charge in [-0.3, -0.25) is 0 Å². The lowest BCUT2D eigenvalue weighted by atomic mass is 10.2. The summed E-state index contributed by atoms with van der Waals surface area (Å²) in [4.78, 5) is 11.4. The molecule has 1 aromatic rings. The van der Waals surface area contributed by atoms with Crippen LogP contribution in [0.2, 0.25) is 5.02 Å². The molecule has 0 atom stereocenters. The fraction of sp³-hybridized carbons (Fsp3) is 0.417. The van der Waals surface area contributed by atoms with Gasteiger partial charge >= 0.3 is 5.97 Å². The Kier molecular flexibility index (Phi) is 6.41. The Morgan fingerprint density at radius 3 is 2.65 bits per heavy atom. The standard InChI is InChI=1S/C12H16ClNO5S/c1-18-7-3-6-14-20(16,17)9-4-5-11(13)10(8-9)12(15)19-2/h4-5,8,14H,3,6-7H2,1-2H3. The zero-order valence-corrected chi connectivity index (χ0v) is 12.8. The van der Waals surface area contributed by atoms with E-state index in [-0.39, 0.29) is 22.0 Å².